The molecular weight excluding hydrogens is 246 g/mol. The molecule has 4 heteroatoms. The summed E-state index contributed by atoms with van der Waals surface area (Å²) in [7, 11) is 0. The van der Waals surface area contributed by atoms with Crippen molar-refractivity contribution in [3.63, 3.8) is 0 Å². The maximum Gasteiger partial charge on any atom is 0.309 e. The number of thiazole rings is 1. The van der Waals surface area contributed by atoms with Crippen LogP contribution in [0.3, 0.4) is 0 Å². The van der Waals surface area contributed by atoms with Gasteiger partial charge >= 0.3 is 5.97 Å². The monoisotopic (exact) mass is 269 g/mol. The molecule has 1 unspecified atom stereocenters. The van der Waals surface area contributed by atoms with Crippen LogP contribution in [0.25, 0.3) is 0 Å². The van der Waals surface area contributed by atoms with Crippen LogP contribution in [-0.4, -0.2) is 16.1 Å². The van der Waals surface area contributed by atoms with Crippen molar-refractivity contribution in [2.45, 2.75) is 59.3 Å². The predicted octanol–water partition coefficient (Wildman–Crippen LogP) is 4.06. The van der Waals surface area contributed by atoms with E-state index in [1.165, 1.54) is 4.88 Å². The Hall–Kier alpha value is -0.900. The van der Waals surface area contributed by atoms with Gasteiger partial charge in [-0.15, -0.1) is 11.3 Å². The van der Waals surface area contributed by atoms with Crippen LogP contribution in [0.4, 0.5) is 0 Å². The number of carboxylic acids is 1. The lowest BCUT2D eigenvalue weighted by molar-refractivity contribution is -0.150. The van der Waals surface area contributed by atoms with Crippen molar-refractivity contribution in [1.29, 1.82) is 0 Å². The Morgan fingerprint density at radius 2 is 2.17 bits per heavy atom. The molecule has 1 rings (SSSR count). The van der Waals surface area contributed by atoms with Crippen LogP contribution in [0.5, 0.6) is 0 Å². The first-order valence-electron chi connectivity index (χ1n) is 6.68. The summed E-state index contributed by atoms with van der Waals surface area (Å²) in [6, 6.07) is 0. The molecule has 1 atom stereocenters. The standard InChI is InChI=1S/C14H23NO2S/c1-4-6-8-14(5-2,13(16)17)9-7-12-11(3)15-10-18-12/h10H,4-9H2,1-3H3,(H,16,17). The minimum absolute atomic E-state index is 0.549. The molecule has 0 aliphatic rings. The van der Waals surface area contributed by atoms with Crippen molar-refractivity contribution in [3.05, 3.63) is 16.1 Å². The molecule has 18 heavy (non-hydrogen) atoms. The molecule has 0 aliphatic carbocycles. The predicted molar refractivity (Wildman–Crippen MR) is 75.1 cm³/mol. The van der Waals surface area contributed by atoms with Gasteiger partial charge in [0.05, 0.1) is 16.6 Å². The summed E-state index contributed by atoms with van der Waals surface area (Å²) in [6.45, 7) is 6.09. The van der Waals surface area contributed by atoms with Crippen LogP contribution < -0.4 is 0 Å². The molecular formula is C14H23NO2S. The Kier molecular flexibility index (Phi) is 5.79. The first-order chi connectivity index (χ1) is 8.55. The Balaban J connectivity index is 2.72. The quantitative estimate of drug-likeness (QED) is 0.774. The minimum Gasteiger partial charge on any atom is -0.481 e. The fourth-order valence-electron chi connectivity index (χ4n) is 2.28. The molecule has 1 aromatic rings. The summed E-state index contributed by atoms with van der Waals surface area (Å²) in [4.78, 5) is 17.0. The molecule has 0 amide bonds. The molecule has 0 saturated heterocycles. The Labute approximate surface area is 113 Å². The van der Waals surface area contributed by atoms with Gasteiger partial charge in [0, 0.05) is 4.88 Å². The fourth-order valence-corrected chi connectivity index (χ4v) is 3.06. The Morgan fingerprint density at radius 3 is 2.61 bits per heavy atom. The van der Waals surface area contributed by atoms with E-state index in [0.717, 1.165) is 37.8 Å². The first kappa shape index (κ1) is 15.2. The highest BCUT2D eigenvalue weighted by Crippen LogP contribution is 2.35. The van der Waals surface area contributed by atoms with Crippen molar-refractivity contribution >= 4 is 17.3 Å². The second-order valence-corrected chi connectivity index (χ2v) is 5.84. The summed E-state index contributed by atoms with van der Waals surface area (Å²) in [5, 5.41) is 9.54. The molecule has 0 fully saturated rings. The third kappa shape index (κ3) is 3.55. The van der Waals surface area contributed by atoms with E-state index in [1.807, 2.05) is 19.4 Å². The minimum atomic E-state index is -0.638. The van der Waals surface area contributed by atoms with Gasteiger partial charge in [-0.05, 0) is 32.6 Å². The maximum atomic E-state index is 11.6. The van der Waals surface area contributed by atoms with Crippen molar-refractivity contribution < 1.29 is 9.90 Å². The summed E-state index contributed by atoms with van der Waals surface area (Å²) in [5.41, 5.74) is 2.34. The SMILES string of the molecule is CCCCC(CC)(CCc1scnc1C)C(=O)O. The fraction of sp³-hybridized carbons (Fsp3) is 0.714. The summed E-state index contributed by atoms with van der Waals surface area (Å²) < 4.78 is 0. The van der Waals surface area contributed by atoms with Crippen molar-refractivity contribution in [3.8, 4) is 0 Å². The van der Waals surface area contributed by atoms with E-state index in [9.17, 15) is 9.90 Å². The number of hydrogen-bond acceptors (Lipinski definition) is 3. The van der Waals surface area contributed by atoms with Gasteiger partial charge in [-0.2, -0.15) is 0 Å². The van der Waals surface area contributed by atoms with Gasteiger partial charge in [-0.25, -0.2) is 4.98 Å². The van der Waals surface area contributed by atoms with E-state index in [1.54, 1.807) is 11.3 Å². The van der Waals surface area contributed by atoms with E-state index in [2.05, 4.69) is 11.9 Å². The van der Waals surface area contributed by atoms with Gasteiger partial charge in [0.15, 0.2) is 0 Å². The number of aliphatic carboxylic acids is 1. The van der Waals surface area contributed by atoms with E-state index >= 15 is 0 Å². The third-order valence-corrected chi connectivity index (χ3v) is 4.81. The van der Waals surface area contributed by atoms with E-state index in [-0.39, 0.29) is 0 Å². The molecule has 0 radical (unpaired) electrons. The highest BCUT2D eigenvalue weighted by atomic mass is 32.1. The largest absolute Gasteiger partial charge is 0.481 e. The zero-order valence-corrected chi connectivity index (χ0v) is 12.3. The lowest BCUT2D eigenvalue weighted by Gasteiger charge is -2.28. The van der Waals surface area contributed by atoms with Crippen LogP contribution in [0.15, 0.2) is 5.51 Å². The smallest absolute Gasteiger partial charge is 0.309 e. The number of nitrogens with zero attached hydrogens (tertiary/aromatic N) is 1. The van der Waals surface area contributed by atoms with Gasteiger partial charge in [0.1, 0.15) is 0 Å². The van der Waals surface area contributed by atoms with Gasteiger partial charge in [0.2, 0.25) is 0 Å². The van der Waals surface area contributed by atoms with E-state index in [0.29, 0.717) is 6.42 Å². The molecule has 0 bridgehead atoms. The second kappa shape index (κ2) is 6.88. The zero-order chi connectivity index (χ0) is 13.6. The zero-order valence-electron chi connectivity index (χ0n) is 11.5. The number of unbranched alkanes of at least 4 members (excludes halogenated alkanes) is 1. The topological polar surface area (TPSA) is 50.2 Å². The van der Waals surface area contributed by atoms with E-state index < -0.39 is 11.4 Å². The number of aryl methyl sites for hydroxylation is 2. The number of hydrogen-bond donors (Lipinski definition) is 1. The lowest BCUT2D eigenvalue weighted by Crippen LogP contribution is -2.31. The van der Waals surface area contributed by atoms with E-state index in [4.69, 9.17) is 0 Å². The molecule has 102 valence electrons. The maximum absolute atomic E-state index is 11.6. The Morgan fingerprint density at radius 1 is 1.44 bits per heavy atom. The average molecular weight is 269 g/mol. The van der Waals surface area contributed by atoms with Gasteiger partial charge < -0.3 is 5.11 Å². The summed E-state index contributed by atoms with van der Waals surface area (Å²) in [6.07, 6.45) is 5.09. The molecule has 1 heterocycles. The van der Waals surface area contributed by atoms with Gasteiger partial charge in [-0.1, -0.05) is 26.7 Å². The number of aromatic nitrogens is 1. The van der Waals surface area contributed by atoms with Crippen LogP contribution >= 0.6 is 11.3 Å². The molecule has 0 aromatic carbocycles. The normalized spacial score (nSPS) is 14.4. The number of carbonyl (C=O) groups is 1. The van der Waals surface area contributed by atoms with Crippen molar-refractivity contribution in [2.75, 3.05) is 0 Å². The highest BCUT2D eigenvalue weighted by Gasteiger charge is 2.35. The van der Waals surface area contributed by atoms with Crippen LogP contribution in [0, 0.1) is 12.3 Å². The molecule has 0 saturated carbocycles. The van der Waals surface area contributed by atoms with Gasteiger partial charge in [0.25, 0.3) is 0 Å². The highest BCUT2D eigenvalue weighted by molar-refractivity contribution is 7.09. The molecule has 0 spiro atoms. The van der Waals surface area contributed by atoms with Crippen LogP contribution in [-0.2, 0) is 11.2 Å². The number of rotatable bonds is 8. The van der Waals surface area contributed by atoms with Crippen molar-refractivity contribution in [1.82, 2.24) is 4.98 Å². The molecule has 1 N–H and O–H groups in total. The average Bonchev–Trinajstić information content (AvgIpc) is 2.75. The summed E-state index contributed by atoms with van der Waals surface area (Å²) in [5.74, 6) is -0.638. The van der Waals surface area contributed by atoms with Crippen LogP contribution in [0.1, 0.15) is 56.5 Å². The summed E-state index contributed by atoms with van der Waals surface area (Å²) >= 11 is 1.63. The van der Waals surface area contributed by atoms with Crippen LogP contribution in [0.2, 0.25) is 0 Å². The first-order valence-corrected chi connectivity index (χ1v) is 7.56. The Bertz CT molecular complexity index is 389. The molecule has 1 aromatic heterocycles. The third-order valence-electron chi connectivity index (χ3n) is 3.81. The van der Waals surface area contributed by atoms with Crippen molar-refractivity contribution in [2.24, 2.45) is 5.41 Å². The van der Waals surface area contributed by atoms with Gasteiger partial charge in [-0.3, -0.25) is 4.79 Å². The molecule has 0 aliphatic heterocycles. The lowest BCUT2D eigenvalue weighted by atomic mass is 9.76. The molecule has 3 nitrogen and oxygen atoms in total. The second-order valence-electron chi connectivity index (χ2n) is 4.90. The number of carboxylic acid groups (broad SMARTS) is 1.